The van der Waals surface area contributed by atoms with Gasteiger partial charge in [-0.1, -0.05) is 41.9 Å². The Labute approximate surface area is 151 Å². The van der Waals surface area contributed by atoms with E-state index in [4.69, 9.17) is 11.6 Å². The summed E-state index contributed by atoms with van der Waals surface area (Å²) in [5, 5.41) is 10.7. The second-order valence-electron chi connectivity index (χ2n) is 5.83. The van der Waals surface area contributed by atoms with Gasteiger partial charge in [0, 0.05) is 17.0 Å². The highest BCUT2D eigenvalue weighted by molar-refractivity contribution is 6.30. The fourth-order valence-corrected chi connectivity index (χ4v) is 2.61. The number of hydrogen-bond acceptors (Lipinski definition) is 3. The molecule has 0 radical (unpaired) electrons. The Kier molecular flexibility index (Phi) is 5.46. The van der Waals surface area contributed by atoms with Crippen LogP contribution in [0.2, 0.25) is 5.02 Å². The zero-order valence-electron chi connectivity index (χ0n) is 13.9. The van der Waals surface area contributed by atoms with Crippen LogP contribution in [0.25, 0.3) is 11.4 Å². The lowest BCUT2D eigenvalue weighted by molar-refractivity contribution is -0.121. The third kappa shape index (κ3) is 4.67. The van der Waals surface area contributed by atoms with Gasteiger partial charge in [0.25, 0.3) is 0 Å². The second kappa shape index (κ2) is 7.94. The molecule has 0 aliphatic carbocycles. The molecule has 3 aromatic rings. The van der Waals surface area contributed by atoms with Crippen molar-refractivity contribution in [2.75, 3.05) is 0 Å². The fraction of sp³-hybridized carbons (Fsp3) is 0.211. The van der Waals surface area contributed by atoms with E-state index in [0.29, 0.717) is 29.5 Å². The Morgan fingerprint density at radius 2 is 1.88 bits per heavy atom. The molecular weight excluding hydrogens is 336 g/mol. The van der Waals surface area contributed by atoms with E-state index >= 15 is 0 Å². The number of aromatic nitrogens is 3. The Morgan fingerprint density at radius 1 is 1.16 bits per heavy atom. The summed E-state index contributed by atoms with van der Waals surface area (Å²) in [6.45, 7) is 1.88. The van der Waals surface area contributed by atoms with Gasteiger partial charge in [-0.15, -0.1) is 0 Å². The SMILES string of the molecule is C[C@H](NC(=O)CCc1ccccc1)c1nc(-c2ccc(Cl)cc2)n[nH]1. The number of rotatable bonds is 6. The van der Waals surface area contributed by atoms with Gasteiger partial charge in [0.15, 0.2) is 5.82 Å². The summed E-state index contributed by atoms with van der Waals surface area (Å²) in [6, 6.07) is 17.0. The van der Waals surface area contributed by atoms with Crippen molar-refractivity contribution in [2.45, 2.75) is 25.8 Å². The molecule has 0 spiro atoms. The molecule has 0 aliphatic heterocycles. The van der Waals surface area contributed by atoms with Crippen LogP contribution in [0.4, 0.5) is 0 Å². The van der Waals surface area contributed by atoms with Crippen LogP contribution in [0.5, 0.6) is 0 Å². The van der Waals surface area contributed by atoms with Gasteiger partial charge in [-0.05, 0) is 43.2 Å². The van der Waals surface area contributed by atoms with E-state index in [-0.39, 0.29) is 11.9 Å². The van der Waals surface area contributed by atoms with Gasteiger partial charge < -0.3 is 5.32 Å². The van der Waals surface area contributed by atoms with Gasteiger partial charge >= 0.3 is 0 Å². The molecule has 1 amide bonds. The van der Waals surface area contributed by atoms with Crippen LogP contribution in [-0.2, 0) is 11.2 Å². The molecule has 1 atom stereocenters. The van der Waals surface area contributed by atoms with Crippen molar-refractivity contribution >= 4 is 17.5 Å². The highest BCUT2D eigenvalue weighted by Gasteiger charge is 2.14. The number of carbonyl (C=O) groups is 1. The minimum Gasteiger partial charge on any atom is -0.346 e. The smallest absolute Gasteiger partial charge is 0.220 e. The number of benzene rings is 2. The zero-order chi connectivity index (χ0) is 17.6. The predicted octanol–water partition coefficient (Wildman–Crippen LogP) is 3.94. The topological polar surface area (TPSA) is 70.7 Å². The molecular formula is C19H19ClN4O. The minimum absolute atomic E-state index is 0.0132. The Balaban J connectivity index is 1.57. The van der Waals surface area contributed by atoms with Gasteiger partial charge in [-0.25, -0.2) is 4.98 Å². The van der Waals surface area contributed by atoms with E-state index in [1.807, 2.05) is 49.4 Å². The molecule has 3 rings (SSSR count). The van der Waals surface area contributed by atoms with E-state index in [9.17, 15) is 4.79 Å². The summed E-state index contributed by atoms with van der Waals surface area (Å²) in [4.78, 5) is 16.6. The molecule has 5 nitrogen and oxygen atoms in total. The lowest BCUT2D eigenvalue weighted by Gasteiger charge is -2.11. The summed E-state index contributed by atoms with van der Waals surface area (Å²) in [6.07, 6.45) is 1.15. The number of amides is 1. The number of carbonyl (C=O) groups excluding carboxylic acids is 1. The van der Waals surface area contributed by atoms with E-state index in [2.05, 4.69) is 20.5 Å². The molecule has 6 heteroatoms. The standard InChI is InChI=1S/C19H19ClN4O/c1-13(21-17(25)12-7-14-5-3-2-4-6-14)18-22-19(24-23-18)15-8-10-16(20)11-9-15/h2-6,8-11,13H,7,12H2,1H3,(H,21,25)(H,22,23,24)/t13-/m0/s1. The fourth-order valence-electron chi connectivity index (χ4n) is 2.48. The summed E-state index contributed by atoms with van der Waals surface area (Å²) >= 11 is 5.89. The maximum atomic E-state index is 12.1. The number of hydrogen-bond donors (Lipinski definition) is 2. The van der Waals surface area contributed by atoms with E-state index < -0.39 is 0 Å². The molecule has 25 heavy (non-hydrogen) atoms. The van der Waals surface area contributed by atoms with Crippen LogP contribution < -0.4 is 5.32 Å². The lowest BCUT2D eigenvalue weighted by Crippen LogP contribution is -2.27. The van der Waals surface area contributed by atoms with Gasteiger partial charge in [-0.2, -0.15) is 5.10 Å². The van der Waals surface area contributed by atoms with Crippen LogP contribution >= 0.6 is 11.6 Å². The van der Waals surface area contributed by atoms with Crippen LogP contribution in [0.1, 0.15) is 30.8 Å². The number of H-pyrrole nitrogens is 1. The molecule has 1 heterocycles. The monoisotopic (exact) mass is 354 g/mol. The van der Waals surface area contributed by atoms with Crippen molar-refractivity contribution in [3.63, 3.8) is 0 Å². The number of nitrogens with zero attached hydrogens (tertiary/aromatic N) is 2. The highest BCUT2D eigenvalue weighted by atomic mass is 35.5. The summed E-state index contributed by atoms with van der Waals surface area (Å²) in [7, 11) is 0. The largest absolute Gasteiger partial charge is 0.346 e. The first-order valence-corrected chi connectivity index (χ1v) is 8.51. The molecule has 2 N–H and O–H groups in total. The Bertz CT molecular complexity index is 830. The molecule has 0 saturated carbocycles. The van der Waals surface area contributed by atoms with Crippen molar-refractivity contribution in [1.82, 2.24) is 20.5 Å². The summed E-state index contributed by atoms with van der Waals surface area (Å²) < 4.78 is 0. The van der Waals surface area contributed by atoms with Crippen LogP contribution in [0.3, 0.4) is 0 Å². The van der Waals surface area contributed by atoms with E-state index in [0.717, 1.165) is 11.1 Å². The van der Waals surface area contributed by atoms with Crippen molar-refractivity contribution in [3.05, 3.63) is 71.0 Å². The quantitative estimate of drug-likeness (QED) is 0.704. The molecule has 128 valence electrons. The zero-order valence-corrected chi connectivity index (χ0v) is 14.6. The first-order valence-electron chi connectivity index (χ1n) is 8.13. The first kappa shape index (κ1) is 17.2. The van der Waals surface area contributed by atoms with E-state index in [1.54, 1.807) is 12.1 Å². The summed E-state index contributed by atoms with van der Waals surface area (Å²) in [5.74, 6) is 1.19. The van der Waals surface area contributed by atoms with Gasteiger partial charge in [0.2, 0.25) is 5.91 Å². The molecule has 0 saturated heterocycles. The number of nitrogens with one attached hydrogen (secondary N) is 2. The number of aromatic amines is 1. The van der Waals surface area contributed by atoms with Crippen LogP contribution in [-0.4, -0.2) is 21.1 Å². The van der Waals surface area contributed by atoms with Crippen molar-refractivity contribution in [1.29, 1.82) is 0 Å². The van der Waals surface area contributed by atoms with Crippen LogP contribution in [0, 0.1) is 0 Å². The van der Waals surface area contributed by atoms with Crippen molar-refractivity contribution in [3.8, 4) is 11.4 Å². The number of aryl methyl sites for hydroxylation is 1. The van der Waals surface area contributed by atoms with Crippen molar-refractivity contribution in [2.24, 2.45) is 0 Å². The average molecular weight is 355 g/mol. The third-order valence-electron chi connectivity index (χ3n) is 3.88. The molecule has 0 bridgehead atoms. The lowest BCUT2D eigenvalue weighted by atomic mass is 10.1. The van der Waals surface area contributed by atoms with Gasteiger partial charge in [0.05, 0.1) is 6.04 Å². The third-order valence-corrected chi connectivity index (χ3v) is 4.13. The maximum Gasteiger partial charge on any atom is 0.220 e. The second-order valence-corrected chi connectivity index (χ2v) is 6.26. The predicted molar refractivity (Wildman–Crippen MR) is 98.1 cm³/mol. The Morgan fingerprint density at radius 3 is 2.60 bits per heavy atom. The van der Waals surface area contributed by atoms with Crippen LogP contribution in [0.15, 0.2) is 54.6 Å². The molecule has 2 aromatic carbocycles. The molecule has 0 unspecified atom stereocenters. The summed E-state index contributed by atoms with van der Waals surface area (Å²) in [5.41, 5.74) is 2.02. The van der Waals surface area contributed by atoms with E-state index in [1.165, 1.54) is 0 Å². The normalized spacial score (nSPS) is 11.9. The number of halogens is 1. The van der Waals surface area contributed by atoms with Gasteiger partial charge in [-0.3, -0.25) is 9.89 Å². The molecule has 1 aromatic heterocycles. The van der Waals surface area contributed by atoms with Gasteiger partial charge in [0.1, 0.15) is 5.82 Å². The molecule has 0 fully saturated rings. The maximum absolute atomic E-state index is 12.1. The van der Waals surface area contributed by atoms with Crippen molar-refractivity contribution < 1.29 is 4.79 Å². The average Bonchev–Trinajstić information content (AvgIpc) is 3.12. The molecule has 0 aliphatic rings. The Hall–Kier alpha value is -2.66. The first-order chi connectivity index (χ1) is 12.1. The minimum atomic E-state index is -0.239. The highest BCUT2D eigenvalue weighted by Crippen LogP contribution is 2.19.